The molecule has 4 aromatic rings. The van der Waals surface area contributed by atoms with Crippen LogP contribution in [0.25, 0.3) is 11.0 Å². The number of imidazole rings is 1. The van der Waals surface area contributed by atoms with Crippen molar-refractivity contribution < 1.29 is 4.79 Å². The number of para-hydroxylation sites is 2. The minimum absolute atomic E-state index is 0.190. The van der Waals surface area contributed by atoms with Gasteiger partial charge in [-0.2, -0.15) is 0 Å². The van der Waals surface area contributed by atoms with Gasteiger partial charge < -0.3 is 5.32 Å². The standard InChI is InChI=1S/C24H18ClN3OS/c25-16-6-3-5-14(11-16)23-22-18(12-15(13-20(22)29)21-9-4-10-30-21)27-24-26-17-7-1-2-8-19(17)28(23)24/h1-11,15,23H,12-13H2,(H,26,27)/t15-,23-/m1/s1. The van der Waals surface area contributed by atoms with Crippen LogP contribution in [0.3, 0.4) is 0 Å². The number of nitrogens with zero attached hydrogens (tertiary/aromatic N) is 2. The molecule has 6 rings (SSSR count). The predicted molar refractivity (Wildman–Crippen MR) is 121 cm³/mol. The van der Waals surface area contributed by atoms with Gasteiger partial charge in [0.15, 0.2) is 5.78 Å². The molecule has 0 fully saturated rings. The largest absolute Gasteiger partial charge is 0.329 e. The summed E-state index contributed by atoms with van der Waals surface area (Å²) >= 11 is 8.06. The normalized spacial score (nSPS) is 20.8. The first kappa shape index (κ1) is 17.9. The van der Waals surface area contributed by atoms with Gasteiger partial charge in [-0.1, -0.05) is 41.9 Å². The maximum atomic E-state index is 13.5. The maximum absolute atomic E-state index is 13.5. The first-order valence-electron chi connectivity index (χ1n) is 9.98. The van der Waals surface area contributed by atoms with Crippen molar-refractivity contribution in [2.24, 2.45) is 0 Å². The molecule has 0 saturated carbocycles. The van der Waals surface area contributed by atoms with E-state index in [1.165, 1.54) is 4.88 Å². The third kappa shape index (κ3) is 2.73. The van der Waals surface area contributed by atoms with Gasteiger partial charge in [-0.25, -0.2) is 4.98 Å². The van der Waals surface area contributed by atoms with Crippen LogP contribution in [0.2, 0.25) is 5.02 Å². The molecule has 2 aliphatic rings. The number of halogens is 1. The van der Waals surface area contributed by atoms with Crippen LogP contribution in [0.1, 0.15) is 35.2 Å². The van der Waals surface area contributed by atoms with Crippen LogP contribution in [0.4, 0.5) is 5.95 Å². The van der Waals surface area contributed by atoms with Crippen LogP contribution in [0.15, 0.2) is 77.3 Å². The van der Waals surface area contributed by atoms with Gasteiger partial charge in [0.25, 0.3) is 0 Å². The average molecular weight is 432 g/mol. The number of carbonyl (C=O) groups excluding carboxylic acids is 1. The number of hydrogen-bond donors (Lipinski definition) is 1. The van der Waals surface area contributed by atoms with E-state index in [1.807, 2.05) is 42.5 Å². The maximum Gasteiger partial charge on any atom is 0.209 e. The van der Waals surface area contributed by atoms with Crippen molar-refractivity contribution >= 4 is 45.7 Å². The second kappa shape index (κ2) is 6.83. The quantitative estimate of drug-likeness (QED) is 0.413. The summed E-state index contributed by atoms with van der Waals surface area (Å²) in [7, 11) is 0. The van der Waals surface area contributed by atoms with E-state index in [-0.39, 0.29) is 17.7 Å². The van der Waals surface area contributed by atoms with E-state index < -0.39 is 0 Å². The highest BCUT2D eigenvalue weighted by Gasteiger charge is 2.39. The fraction of sp³-hybridized carbons (Fsp3) is 0.167. The van der Waals surface area contributed by atoms with Crippen molar-refractivity contribution in [2.45, 2.75) is 24.8 Å². The molecule has 0 spiro atoms. The zero-order chi connectivity index (χ0) is 20.2. The summed E-state index contributed by atoms with van der Waals surface area (Å²) in [5.41, 5.74) is 4.74. The van der Waals surface area contributed by atoms with E-state index in [0.717, 1.165) is 40.2 Å². The summed E-state index contributed by atoms with van der Waals surface area (Å²) in [6.45, 7) is 0. The average Bonchev–Trinajstić information content (AvgIpc) is 3.40. The van der Waals surface area contributed by atoms with Gasteiger partial charge in [-0.05, 0) is 47.7 Å². The number of anilines is 1. The molecule has 0 unspecified atom stereocenters. The van der Waals surface area contributed by atoms with E-state index in [9.17, 15) is 4.79 Å². The molecular weight excluding hydrogens is 414 g/mol. The number of rotatable bonds is 2. The summed E-state index contributed by atoms with van der Waals surface area (Å²) in [4.78, 5) is 19.6. The zero-order valence-electron chi connectivity index (χ0n) is 16.0. The number of hydrogen-bond acceptors (Lipinski definition) is 4. The Morgan fingerprint density at radius 3 is 2.80 bits per heavy atom. The molecule has 3 heterocycles. The molecule has 0 bridgehead atoms. The van der Waals surface area contributed by atoms with Crippen molar-refractivity contribution in [3.63, 3.8) is 0 Å². The van der Waals surface area contributed by atoms with Crippen molar-refractivity contribution in [2.75, 3.05) is 5.32 Å². The fourth-order valence-corrected chi connectivity index (χ4v) is 5.77. The highest BCUT2D eigenvalue weighted by molar-refractivity contribution is 7.10. The van der Waals surface area contributed by atoms with Crippen LogP contribution in [0.5, 0.6) is 0 Å². The van der Waals surface area contributed by atoms with Gasteiger partial charge in [-0.15, -0.1) is 11.3 Å². The fourth-order valence-electron chi connectivity index (χ4n) is 4.74. The minimum atomic E-state index is -0.237. The second-order valence-electron chi connectivity index (χ2n) is 7.81. The van der Waals surface area contributed by atoms with Crippen molar-refractivity contribution in [1.82, 2.24) is 9.55 Å². The van der Waals surface area contributed by atoms with Crippen LogP contribution in [0, 0.1) is 0 Å². The van der Waals surface area contributed by atoms with Gasteiger partial charge in [0.1, 0.15) is 0 Å². The Labute approximate surface area is 182 Å². The van der Waals surface area contributed by atoms with Gasteiger partial charge in [0.2, 0.25) is 5.95 Å². The van der Waals surface area contributed by atoms with Gasteiger partial charge >= 0.3 is 0 Å². The van der Waals surface area contributed by atoms with Crippen LogP contribution in [-0.4, -0.2) is 15.3 Å². The number of benzene rings is 2. The van der Waals surface area contributed by atoms with Gasteiger partial charge in [0, 0.05) is 33.5 Å². The lowest BCUT2D eigenvalue weighted by molar-refractivity contribution is -0.116. The predicted octanol–water partition coefficient (Wildman–Crippen LogP) is 6.17. The molecule has 0 saturated heterocycles. The van der Waals surface area contributed by atoms with Crippen LogP contribution in [-0.2, 0) is 4.79 Å². The Hall–Kier alpha value is -2.89. The first-order valence-corrected chi connectivity index (χ1v) is 11.2. The minimum Gasteiger partial charge on any atom is -0.329 e. The van der Waals surface area contributed by atoms with E-state index in [2.05, 4.69) is 33.5 Å². The van der Waals surface area contributed by atoms with Crippen molar-refractivity contribution in [1.29, 1.82) is 0 Å². The highest BCUT2D eigenvalue weighted by atomic mass is 35.5. The van der Waals surface area contributed by atoms with Gasteiger partial charge in [0.05, 0.1) is 17.1 Å². The third-order valence-corrected chi connectivity index (χ3v) is 7.28. The summed E-state index contributed by atoms with van der Waals surface area (Å²) in [6, 6.07) is 19.8. The monoisotopic (exact) mass is 431 g/mol. The number of carbonyl (C=O) groups is 1. The lowest BCUT2D eigenvalue weighted by Gasteiger charge is -2.36. The molecule has 2 atom stereocenters. The molecular formula is C24H18ClN3OS. The summed E-state index contributed by atoms with van der Waals surface area (Å²) < 4.78 is 2.14. The number of allylic oxidation sites excluding steroid dienone is 2. The smallest absolute Gasteiger partial charge is 0.209 e. The third-order valence-electron chi connectivity index (χ3n) is 6.01. The van der Waals surface area contributed by atoms with E-state index >= 15 is 0 Å². The van der Waals surface area contributed by atoms with Gasteiger partial charge in [-0.3, -0.25) is 9.36 Å². The first-order chi connectivity index (χ1) is 14.7. The summed E-state index contributed by atoms with van der Waals surface area (Å²) in [6.07, 6.45) is 1.34. The lowest BCUT2D eigenvalue weighted by atomic mass is 9.80. The highest BCUT2D eigenvalue weighted by Crippen LogP contribution is 2.46. The van der Waals surface area contributed by atoms with E-state index in [0.29, 0.717) is 11.4 Å². The number of Topliss-reactive ketones (excluding diaryl/α,β-unsaturated/α-hetero) is 1. The molecule has 6 heteroatoms. The zero-order valence-corrected chi connectivity index (χ0v) is 17.6. The number of fused-ring (bicyclic) bond motifs is 3. The number of ketones is 1. The topological polar surface area (TPSA) is 46.9 Å². The van der Waals surface area contributed by atoms with E-state index in [1.54, 1.807) is 11.3 Å². The Kier molecular flexibility index (Phi) is 4.08. The van der Waals surface area contributed by atoms with Crippen LogP contribution < -0.4 is 5.32 Å². The summed E-state index contributed by atoms with van der Waals surface area (Å²) in [5.74, 6) is 1.18. The number of thiophene rings is 1. The Bertz CT molecular complexity index is 1320. The van der Waals surface area contributed by atoms with Crippen molar-refractivity contribution in [3.8, 4) is 0 Å². The lowest BCUT2D eigenvalue weighted by Crippen LogP contribution is -2.33. The molecule has 0 radical (unpaired) electrons. The molecule has 1 aliphatic heterocycles. The second-order valence-corrected chi connectivity index (χ2v) is 9.23. The molecule has 2 aromatic carbocycles. The Balaban J connectivity index is 1.56. The molecule has 1 N–H and O–H groups in total. The molecule has 4 nitrogen and oxygen atoms in total. The molecule has 148 valence electrons. The Morgan fingerprint density at radius 1 is 1.07 bits per heavy atom. The van der Waals surface area contributed by atoms with E-state index in [4.69, 9.17) is 16.6 Å². The summed E-state index contributed by atoms with van der Waals surface area (Å²) in [5, 5.41) is 6.25. The van der Waals surface area contributed by atoms with Crippen LogP contribution >= 0.6 is 22.9 Å². The molecule has 30 heavy (non-hydrogen) atoms. The number of nitrogens with one attached hydrogen (secondary N) is 1. The Morgan fingerprint density at radius 2 is 1.97 bits per heavy atom. The molecule has 0 amide bonds. The van der Waals surface area contributed by atoms with Crippen molar-refractivity contribution in [3.05, 3.63) is 92.8 Å². The number of aromatic nitrogens is 2. The molecule has 1 aliphatic carbocycles. The molecule has 2 aromatic heterocycles. The SMILES string of the molecule is O=C1C[C@H](c2cccs2)CC2=C1[C@@H](c1cccc(Cl)c1)n1c(nc3ccccc31)N2.